The second-order valence-corrected chi connectivity index (χ2v) is 6.13. The molecule has 1 fully saturated rings. The maximum Gasteiger partial charge on any atom is 0.259 e. The number of fused-ring (bicyclic) bond motifs is 1. The van der Waals surface area contributed by atoms with Gasteiger partial charge in [-0.25, -0.2) is 4.52 Å². The Bertz CT molecular complexity index is 868. The van der Waals surface area contributed by atoms with Crippen molar-refractivity contribution in [3.05, 3.63) is 41.2 Å². The van der Waals surface area contributed by atoms with E-state index in [1.54, 1.807) is 10.7 Å². The highest BCUT2D eigenvalue weighted by atomic mass is 16.5. The Hall–Kier alpha value is -2.57. The molecule has 1 atom stereocenters. The molecule has 0 bridgehead atoms. The van der Waals surface area contributed by atoms with Crippen molar-refractivity contribution >= 4 is 11.6 Å². The van der Waals surface area contributed by atoms with Gasteiger partial charge in [0.15, 0.2) is 0 Å². The Kier molecular flexibility index (Phi) is 3.04. The van der Waals surface area contributed by atoms with Gasteiger partial charge in [-0.05, 0) is 26.7 Å². The molecule has 3 aromatic heterocycles. The van der Waals surface area contributed by atoms with Gasteiger partial charge in [0, 0.05) is 31.5 Å². The lowest BCUT2D eigenvalue weighted by Gasteiger charge is -2.24. The zero-order valence-electron chi connectivity index (χ0n) is 13.5. The molecule has 0 aromatic carbocycles. The molecule has 0 saturated carbocycles. The van der Waals surface area contributed by atoms with Crippen LogP contribution in [0.3, 0.4) is 0 Å². The van der Waals surface area contributed by atoms with E-state index in [9.17, 15) is 4.79 Å². The smallest absolute Gasteiger partial charge is 0.259 e. The Balaban J connectivity index is 1.74. The summed E-state index contributed by atoms with van der Waals surface area (Å²) in [6, 6.07) is 0.0315. The zero-order valence-corrected chi connectivity index (χ0v) is 13.5. The summed E-state index contributed by atoms with van der Waals surface area (Å²) < 4.78 is 8.94. The van der Waals surface area contributed by atoms with Crippen molar-refractivity contribution < 1.29 is 9.32 Å². The third-order valence-corrected chi connectivity index (χ3v) is 4.70. The maximum absolute atomic E-state index is 13.1. The molecule has 0 aliphatic carbocycles. The lowest BCUT2D eigenvalue weighted by atomic mass is 10.0. The molecule has 1 aliphatic heterocycles. The first-order chi connectivity index (χ1) is 11.1. The van der Waals surface area contributed by atoms with Gasteiger partial charge >= 0.3 is 0 Å². The van der Waals surface area contributed by atoms with Crippen LogP contribution in [0.15, 0.2) is 23.1 Å². The summed E-state index contributed by atoms with van der Waals surface area (Å²) in [5.74, 6) is 0.815. The van der Waals surface area contributed by atoms with Crippen LogP contribution in [-0.2, 0) is 7.05 Å². The van der Waals surface area contributed by atoms with Crippen molar-refractivity contribution in [1.82, 2.24) is 24.2 Å². The number of nitrogens with zero attached hydrogens (tertiary/aromatic N) is 5. The highest BCUT2D eigenvalue weighted by Gasteiger charge is 2.35. The number of aryl methyl sites for hydroxylation is 3. The molecule has 0 spiro atoms. The first-order valence-corrected chi connectivity index (χ1v) is 7.80. The summed E-state index contributed by atoms with van der Waals surface area (Å²) >= 11 is 0. The molecule has 23 heavy (non-hydrogen) atoms. The van der Waals surface area contributed by atoms with E-state index in [-0.39, 0.29) is 11.9 Å². The Morgan fingerprint density at radius 2 is 2.17 bits per heavy atom. The van der Waals surface area contributed by atoms with E-state index >= 15 is 0 Å². The van der Waals surface area contributed by atoms with E-state index in [1.807, 2.05) is 42.8 Å². The second kappa shape index (κ2) is 4.97. The predicted octanol–water partition coefficient (Wildman–Crippen LogP) is 2.25. The van der Waals surface area contributed by atoms with E-state index in [4.69, 9.17) is 4.52 Å². The first kappa shape index (κ1) is 14.0. The molecule has 1 unspecified atom stereocenters. The van der Waals surface area contributed by atoms with Crippen LogP contribution in [0.1, 0.15) is 46.3 Å². The second-order valence-electron chi connectivity index (χ2n) is 6.13. The highest BCUT2D eigenvalue weighted by molar-refractivity contribution is 6.00. The van der Waals surface area contributed by atoms with Crippen LogP contribution in [-0.4, -0.2) is 36.7 Å². The summed E-state index contributed by atoms with van der Waals surface area (Å²) in [7, 11) is 1.92. The van der Waals surface area contributed by atoms with Gasteiger partial charge in [0.2, 0.25) is 0 Å². The third-order valence-electron chi connectivity index (χ3n) is 4.70. The Labute approximate surface area is 133 Å². The molecule has 1 amide bonds. The van der Waals surface area contributed by atoms with Crippen molar-refractivity contribution in [3.63, 3.8) is 0 Å². The molecule has 1 saturated heterocycles. The van der Waals surface area contributed by atoms with E-state index < -0.39 is 0 Å². The molecule has 4 heterocycles. The highest BCUT2D eigenvalue weighted by Crippen LogP contribution is 2.36. The number of hydrogen-bond donors (Lipinski definition) is 0. The predicted molar refractivity (Wildman–Crippen MR) is 83.2 cm³/mol. The SMILES string of the molecule is Cc1noc(C)c1C1CCCN1C(=O)c1cnn2ccn(C)c12. The molecule has 4 rings (SSSR count). The largest absolute Gasteiger partial charge is 0.361 e. The van der Waals surface area contributed by atoms with Gasteiger partial charge in [0.25, 0.3) is 5.91 Å². The molecule has 7 nitrogen and oxygen atoms in total. The van der Waals surface area contributed by atoms with Crippen molar-refractivity contribution in [2.24, 2.45) is 7.05 Å². The molecule has 1 aliphatic rings. The van der Waals surface area contributed by atoms with Gasteiger partial charge in [0.05, 0.1) is 17.9 Å². The topological polar surface area (TPSA) is 68.6 Å². The number of imidazole rings is 1. The summed E-state index contributed by atoms with van der Waals surface area (Å²) in [6.07, 6.45) is 7.32. The molecule has 7 heteroatoms. The first-order valence-electron chi connectivity index (χ1n) is 7.80. The fourth-order valence-corrected chi connectivity index (χ4v) is 3.63. The zero-order chi connectivity index (χ0) is 16.1. The quantitative estimate of drug-likeness (QED) is 0.727. The van der Waals surface area contributed by atoms with Crippen LogP contribution >= 0.6 is 0 Å². The summed E-state index contributed by atoms with van der Waals surface area (Å²) in [6.45, 7) is 4.59. The Morgan fingerprint density at radius 3 is 2.91 bits per heavy atom. The normalized spacial score (nSPS) is 18.2. The number of carbonyl (C=O) groups is 1. The Morgan fingerprint density at radius 1 is 1.35 bits per heavy atom. The van der Waals surface area contributed by atoms with Crippen molar-refractivity contribution in [2.45, 2.75) is 32.7 Å². The summed E-state index contributed by atoms with van der Waals surface area (Å²) in [5, 5.41) is 8.31. The standard InChI is InChI=1S/C16H19N5O2/c1-10-14(11(2)23-18-10)13-5-4-6-20(13)16(22)12-9-17-21-8-7-19(3)15(12)21/h7-9,13H,4-6H2,1-3H3. The van der Waals surface area contributed by atoms with Crippen LogP contribution in [0.2, 0.25) is 0 Å². The van der Waals surface area contributed by atoms with E-state index in [0.29, 0.717) is 5.56 Å². The lowest BCUT2D eigenvalue weighted by Crippen LogP contribution is -2.31. The molecule has 0 radical (unpaired) electrons. The monoisotopic (exact) mass is 313 g/mol. The van der Waals surface area contributed by atoms with Crippen molar-refractivity contribution in [2.75, 3.05) is 6.54 Å². The van der Waals surface area contributed by atoms with Crippen molar-refractivity contribution in [1.29, 1.82) is 0 Å². The lowest BCUT2D eigenvalue weighted by molar-refractivity contribution is 0.0736. The summed E-state index contributed by atoms with van der Waals surface area (Å²) in [4.78, 5) is 15.0. The molecule has 3 aromatic rings. The maximum atomic E-state index is 13.1. The number of aromatic nitrogens is 4. The van der Waals surface area contributed by atoms with Gasteiger partial charge in [-0.15, -0.1) is 0 Å². The van der Waals surface area contributed by atoms with Gasteiger partial charge in [-0.1, -0.05) is 5.16 Å². The van der Waals surface area contributed by atoms with Crippen LogP contribution in [0, 0.1) is 13.8 Å². The minimum absolute atomic E-state index is 0.0179. The average Bonchev–Trinajstić information content (AvgIpc) is 3.26. The van der Waals surface area contributed by atoms with Gasteiger partial charge in [0.1, 0.15) is 17.0 Å². The van der Waals surface area contributed by atoms with E-state index in [0.717, 1.165) is 42.1 Å². The van der Waals surface area contributed by atoms with Crippen LogP contribution < -0.4 is 0 Å². The van der Waals surface area contributed by atoms with E-state index in [1.165, 1.54) is 0 Å². The molecule has 120 valence electrons. The molecular weight excluding hydrogens is 294 g/mol. The van der Waals surface area contributed by atoms with Crippen LogP contribution in [0.25, 0.3) is 5.65 Å². The van der Waals surface area contributed by atoms with Gasteiger partial charge in [-0.2, -0.15) is 5.10 Å². The van der Waals surface area contributed by atoms with Gasteiger partial charge in [-0.3, -0.25) is 4.79 Å². The molecule has 0 N–H and O–H groups in total. The number of carbonyl (C=O) groups excluding carboxylic acids is 1. The van der Waals surface area contributed by atoms with Crippen molar-refractivity contribution in [3.8, 4) is 0 Å². The minimum Gasteiger partial charge on any atom is -0.361 e. The fraction of sp³-hybridized carbons (Fsp3) is 0.438. The third kappa shape index (κ3) is 1.99. The van der Waals surface area contributed by atoms with Crippen LogP contribution in [0.5, 0.6) is 0 Å². The number of likely N-dealkylation sites (tertiary alicyclic amines) is 1. The van der Waals surface area contributed by atoms with Crippen LogP contribution in [0.4, 0.5) is 0 Å². The van der Waals surface area contributed by atoms with Gasteiger partial charge < -0.3 is 14.0 Å². The minimum atomic E-state index is 0.0179. The fourth-order valence-electron chi connectivity index (χ4n) is 3.63. The number of hydrogen-bond acceptors (Lipinski definition) is 4. The number of rotatable bonds is 2. The summed E-state index contributed by atoms with van der Waals surface area (Å²) in [5.41, 5.74) is 3.37. The number of amides is 1. The average molecular weight is 313 g/mol. The van der Waals surface area contributed by atoms with E-state index in [2.05, 4.69) is 10.3 Å². The molecular formula is C16H19N5O2.